The number of fused-ring (bicyclic) bond motifs is 1. The zero-order valence-electron chi connectivity index (χ0n) is 19.1. The van der Waals surface area contributed by atoms with Gasteiger partial charge < -0.3 is 15.5 Å². The van der Waals surface area contributed by atoms with Crippen molar-refractivity contribution in [2.75, 3.05) is 26.7 Å². The highest BCUT2D eigenvalue weighted by molar-refractivity contribution is 5.80. The van der Waals surface area contributed by atoms with Crippen molar-refractivity contribution in [3.63, 3.8) is 0 Å². The van der Waals surface area contributed by atoms with E-state index in [1.54, 1.807) is 0 Å². The van der Waals surface area contributed by atoms with Crippen LogP contribution in [0.5, 0.6) is 0 Å². The first kappa shape index (κ1) is 22.3. The molecule has 4 rings (SSSR count). The van der Waals surface area contributed by atoms with Gasteiger partial charge in [-0.1, -0.05) is 54.6 Å². The van der Waals surface area contributed by atoms with E-state index in [0.717, 1.165) is 58.1 Å². The van der Waals surface area contributed by atoms with Crippen LogP contribution in [0.4, 0.5) is 0 Å². The molecule has 0 radical (unpaired) electrons. The van der Waals surface area contributed by atoms with Crippen LogP contribution in [0.25, 0.3) is 0 Å². The first-order valence-corrected chi connectivity index (χ1v) is 11.8. The van der Waals surface area contributed by atoms with Crippen LogP contribution in [0.3, 0.4) is 0 Å². The predicted octanol–water partition coefficient (Wildman–Crippen LogP) is 3.14. The van der Waals surface area contributed by atoms with Crippen molar-refractivity contribution in [3.8, 4) is 0 Å². The van der Waals surface area contributed by atoms with Crippen LogP contribution in [-0.2, 0) is 24.4 Å². The summed E-state index contributed by atoms with van der Waals surface area (Å²) in [6, 6.07) is 19.4. The van der Waals surface area contributed by atoms with E-state index in [1.807, 2.05) is 24.1 Å². The van der Waals surface area contributed by atoms with Gasteiger partial charge in [0.05, 0.1) is 0 Å². The van der Waals surface area contributed by atoms with E-state index in [4.69, 9.17) is 0 Å². The molecule has 1 atom stereocenters. The van der Waals surface area contributed by atoms with E-state index in [9.17, 15) is 4.79 Å². The summed E-state index contributed by atoms with van der Waals surface area (Å²) in [5, 5.41) is 6.97. The van der Waals surface area contributed by atoms with Gasteiger partial charge in [-0.2, -0.15) is 0 Å². The van der Waals surface area contributed by atoms with Gasteiger partial charge in [-0.05, 0) is 42.5 Å². The maximum atomic E-state index is 12.6. The largest absolute Gasteiger partial charge is 0.356 e. The molecule has 6 nitrogen and oxygen atoms in total. The lowest BCUT2D eigenvalue weighted by Gasteiger charge is -2.34. The van der Waals surface area contributed by atoms with Gasteiger partial charge in [0.1, 0.15) is 0 Å². The van der Waals surface area contributed by atoms with Crippen molar-refractivity contribution in [3.05, 3.63) is 71.3 Å². The standard InChI is InChI=1S/C26H35N5O/c1-27-26(29-24-13-8-16-30(20-24)17-21-9-3-2-4-10-21)28-15-7-14-25(32)31-18-22-11-5-6-12-23(22)19-31/h2-6,9-12,24H,7-8,13-20H2,1H3,(H2,27,28,29). The fourth-order valence-corrected chi connectivity index (χ4v) is 4.66. The Kier molecular flexibility index (Phi) is 7.77. The first-order valence-electron chi connectivity index (χ1n) is 11.8. The second-order valence-corrected chi connectivity index (χ2v) is 8.83. The van der Waals surface area contributed by atoms with E-state index in [-0.39, 0.29) is 5.91 Å². The number of hydrogen-bond donors (Lipinski definition) is 2. The number of hydrogen-bond acceptors (Lipinski definition) is 3. The van der Waals surface area contributed by atoms with E-state index in [0.29, 0.717) is 12.5 Å². The van der Waals surface area contributed by atoms with Crippen molar-refractivity contribution in [2.24, 2.45) is 4.99 Å². The summed E-state index contributed by atoms with van der Waals surface area (Å²) >= 11 is 0. The number of amides is 1. The molecule has 0 aromatic heterocycles. The van der Waals surface area contributed by atoms with Crippen LogP contribution in [0.15, 0.2) is 59.6 Å². The van der Waals surface area contributed by atoms with Gasteiger partial charge >= 0.3 is 0 Å². The molecule has 1 fully saturated rings. The van der Waals surface area contributed by atoms with Crippen molar-refractivity contribution in [1.82, 2.24) is 20.4 Å². The average Bonchev–Trinajstić information content (AvgIpc) is 3.26. The second-order valence-electron chi connectivity index (χ2n) is 8.83. The Morgan fingerprint density at radius 2 is 1.78 bits per heavy atom. The van der Waals surface area contributed by atoms with E-state index < -0.39 is 0 Å². The third kappa shape index (κ3) is 6.10. The molecule has 0 bridgehead atoms. The Labute approximate surface area is 191 Å². The van der Waals surface area contributed by atoms with Gasteiger partial charge in [-0.15, -0.1) is 0 Å². The second kappa shape index (κ2) is 11.1. The number of aliphatic imine (C=N–C) groups is 1. The predicted molar refractivity (Wildman–Crippen MR) is 129 cm³/mol. The highest BCUT2D eigenvalue weighted by Gasteiger charge is 2.23. The highest BCUT2D eigenvalue weighted by atomic mass is 16.2. The molecule has 2 aliphatic rings. The Morgan fingerprint density at radius 3 is 2.50 bits per heavy atom. The van der Waals surface area contributed by atoms with Crippen LogP contribution >= 0.6 is 0 Å². The molecule has 1 saturated heterocycles. The van der Waals surface area contributed by atoms with Crippen LogP contribution in [-0.4, -0.2) is 54.4 Å². The van der Waals surface area contributed by atoms with Crippen molar-refractivity contribution in [2.45, 2.75) is 51.4 Å². The third-order valence-electron chi connectivity index (χ3n) is 6.37. The molecular weight excluding hydrogens is 398 g/mol. The number of nitrogens with one attached hydrogen (secondary N) is 2. The number of benzene rings is 2. The van der Waals surface area contributed by atoms with Gasteiger partial charge in [0, 0.05) is 52.2 Å². The zero-order chi connectivity index (χ0) is 22.2. The Bertz CT molecular complexity index is 888. The monoisotopic (exact) mass is 433 g/mol. The van der Waals surface area contributed by atoms with Crippen molar-refractivity contribution < 1.29 is 4.79 Å². The number of rotatable bonds is 7. The summed E-state index contributed by atoms with van der Waals surface area (Å²) in [5.74, 6) is 1.06. The molecule has 170 valence electrons. The SMILES string of the molecule is CN=C(NCCCC(=O)N1Cc2ccccc2C1)NC1CCCN(Cc2ccccc2)C1. The fourth-order valence-electron chi connectivity index (χ4n) is 4.66. The van der Waals surface area contributed by atoms with Crippen molar-refractivity contribution >= 4 is 11.9 Å². The smallest absolute Gasteiger partial charge is 0.223 e. The minimum absolute atomic E-state index is 0.231. The van der Waals surface area contributed by atoms with Gasteiger partial charge in [-0.25, -0.2) is 0 Å². The van der Waals surface area contributed by atoms with E-state index in [1.165, 1.54) is 23.1 Å². The highest BCUT2D eigenvalue weighted by Crippen LogP contribution is 2.22. The Hall–Kier alpha value is -2.86. The normalized spacial score (nSPS) is 19.0. The van der Waals surface area contributed by atoms with Crippen LogP contribution in [0.2, 0.25) is 0 Å². The molecule has 2 N–H and O–H groups in total. The molecular formula is C26H35N5O. The summed E-state index contributed by atoms with van der Waals surface area (Å²) < 4.78 is 0. The molecule has 0 spiro atoms. The molecule has 2 aromatic carbocycles. The van der Waals surface area contributed by atoms with Gasteiger partial charge in [0.2, 0.25) is 5.91 Å². The maximum absolute atomic E-state index is 12.6. The number of piperidine rings is 1. The Balaban J connectivity index is 1.15. The first-order chi connectivity index (χ1) is 15.7. The van der Waals surface area contributed by atoms with Crippen molar-refractivity contribution in [1.29, 1.82) is 0 Å². The number of carbonyl (C=O) groups excluding carboxylic acids is 1. The number of guanidine groups is 1. The molecule has 1 unspecified atom stereocenters. The lowest BCUT2D eigenvalue weighted by Crippen LogP contribution is -2.51. The number of nitrogens with zero attached hydrogens (tertiary/aromatic N) is 3. The molecule has 2 aliphatic heterocycles. The van der Waals surface area contributed by atoms with Gasteiger partial charge in [0.15, 0.2) is 5.96 Å². The molecule has 0 aliphatic carbocycles. The topological polar surface area (TPSA) is 60.0 Å². The zero-order valence-corrected chi connectivity index (χ0v) is 19.1. The summed E-state index contributed by atoms with van der Waals surface area (Å²) in [5.41, 5.74) is 3.91. The van der Waals surface area contributed by atoms with Crippen LogP contribution in [0.1, 0.15) is 42.4 Å². The molecule has 6 heteroatoms. The lowest BCUT2D eigenvalue weighted by molar-refractivity contribution is -0.131. The molecule has 0 saturated carbocycles. The summed E-state index contributed by atoms with van der Waals surface area (Å²) in [7, 11) is 1.81. The van der Waals surface area contributed by atoms with Gasteiger partial charge in [0.25, 0.3) is 0 Å². The lowest BCUT2D eigenvalue weighted by atomic mass is 10.0. The maximum Gasteiger partial charge on any atom is 0.223 e. The quantitative estimate of drug-likeness (QED) is 0.400. The van der Waals surface area contributed by atoms with Crippen LogP contribution < -0.4 is 10.6 Å². The summed E-state index contributed by atoms with van der Waals surface area (Å²) in [6.45, 7) is 5.38. The third-order valence-corrected chi connectivity index (χ3v) is 6.37. The minimum Gasteiger partial charge on any atom is -0.356 e. The Morgan fingerprint density at radius 1 is 1.06 bits per heavy atom. The molecule has 1 amide bonds. The van der Waals surface area contributed by atoms with Gasteiger partial charge in [-0.3, -0.25) is 14.7 Å². The van der Waals surface area contributed by atoms with Crippen LogP contribution in [0, 0.1) is 0 Å². The molecule has 2 heterocycles. The number of carbonyl (C=O) groups is 1. The summed E-state index contributed by atoms with van der Waals surface area (Å²) in [6.07, 6.45) is 3.71. The van der Waals surface area contributed by atoms with E-state index in [2.05, 4.69) is 63.0 Å². The van der Waals surface area contributed by atoms with E-state index >= 15 is 0 Å². The average molecular weight is 434 g/mol. The molecule has 32 heavy (non-hydrogen) atoms. The molecule has 2 aromatic rings. The summed E-state index contributed by atoms with van der Waals surface area (Å²) in [4.78, 5) is 21.4. The minimum atomic E-state index is 0.231. The fraction of sp³-hybridized carbons (Fsp3) is 0.462. The number of likely N-dealkylation sites (tertiary alicyclic amines) is 1.